The number of para-hydroxylation sites is 1. The summed E-state index contributed by atoms with van der Waals surface area (Å²) in [6.07, 6.45) is 1.79. The number of rotatable bonds is 4. The number of aromatic nitrogens is 1. The Labute approximate surface area is 101 Å². The lowest BCUT2D eigenvalue weighted by molar-refractivity contribution is 0.410. The minimum Gasteiger partial charge on any atom is -0.496 e. The number of nitrogens with zero attached hydrogens (tertiary/aromatic N) is 1. The van der Waals surface area contributed by atoms with Crippen molar-refractivity contribution >= 4 is 5.82 Å². The Morgan fingerprint density at radius 2 is 2.00 bits per heavy atom. The Balaban J connectivity index is 2.10. The molecule has 0 unspecified atom stereocenters. The lowest BCUT2D eigenvalue weighted by Gasteiger charge is -2.11. The van der Waals surface area contributed by atoms with Crippen LogP contribution >= 0.6 is 0 Å². The number of nitrogens with one attached hydrogen (secondary N) is 1. The van der Waals surface area contributed by atoms with Crippen molar-refractivity contribution in [1.29, 1.82) is 0 Å². The molecule has 0 saturated carbocycles. The summed E-state index contributed by atoms with van der Waals surface area (Å²) in [6, 6.07) is 12.0. The predicted octanol–water partition coefficient (Wildman–Crippen LogP) is 3.01. The number of hydrogen-bond acceptors (Lipinski definition) is 3. The fraction of sp³-hybridized carbons (Fsp3) is 0.214. The predicted molar refractivity (Wildman–Crippen MR) is 69.3 cm³/mol. The van der Waals surface area contributed by atoms with E-state index in [1.165, 1.54) is 0 Å². The largest absolute Gasteiger partial charge is 0.496 e. The SMILES string of the molecule is COc1ccccc1CNc1ncccc1C. The van der Waals surface area contributed by atoms with Gasteiger partial charge in [0.1, 0.15) is 11.6 Å². The van der Waals surface area contributed by atoms with E-state index in [1.807, 2.05) is 43.3 Å². The molecule has 0 fully saturated rings. The average Bonchev–Trinajstić information content (AvgIpc) is 2.38. The van der Waals surface area contributed by atoms with Crippen LogP contribution in [0.15, 0.2) is 42.6 Å². The van der Waals surface area contributed by atoms with Gasteiger partial charge < -0.3 is 10.1 Å². The summed E-state index contributed by atoms with van der Waals surface area (Å²) in [5, 5.41) is 3.31. The van der Waals surface area contributed by atoms with E-state index in [0.717, 1.165) is 22.7 Å². The zero-order valence-corrected chi connectivity index (χ0v) is 10.1. The third-order valence-corrected chi connectivity index (χ3v) is 2.65. The second-order valence-corrected chi connectivity index (χ2v) is 3.83. The molecule has 0 aliphatic rings. The summed E-state index contributed by atoms with van der Waals surface area (Å²) in [4.78, 5) is 4.30. The molecule has 1 aromatic heterocycles. The minimum atomic E-state index is 0.710. The van der Waals surface area contributed by atoms with Gasteiger partial charge in [-0.25, -0.2) is 4.98 Å². The number of ether oxygens (including phenoxy) is 1. The molecular weight excluding hydrogens is 212 g/mol. The van der Waals surface area contributed by atoms with Crippen molar-refractivity contribution in [2.75, 3.05) is 12.4 Å². The number of anilines is 1. The summed E-state index contributed by atoms with van der Waals surface area (Å²) in [7, 11) is 1.69. The molecule has 88 valence electrons. The molecule has 17 heavy (non-hydrogen) atoms. The van der Waals surface area contributed by atoms with Crippen molar-refractivity contribution in [3.63, 3.8) is 0 Å². The highest BCUT2D eigenvalue weighted by atomic mass is 16.5. The van der Waals surface area contributed by atoms with Gasteiger partial charge >= 0.3 is 0 Å². The Bertz CT molecular complexity index is 497. The van der Waals surface area contributed by atoms with Gasteiger partial charge in [0.05, 0.1) is 7.11 Å². The third-order valence-electron chi connectivity index (χ3n) is 2.65. The van der Waals surface area contributed by atoms with Crippen LogP contribution in [-0.2, 0) is 6.54 Å². The van der Waals surface area contributed by atoms with Gasteiger partial charge in [-0.3, -0.25) is 0 Å². The van der Waals surface area contributed by atoms with Crippen molar-refractivity contribution in [3.8, 4) is 5.75 Å². The molecule has 1 aromatic carbocycles. The normalized spacial score (nSPS) is 10.0. The van der Waals surface area contributed by atoms with Gasteiger partial charge in [0, 0.05) is 18.3 Å². The van der Waals surface area contributed by atoms with Crippen LogP contribution in [0.1, 0.15) is 11.1 Å². The second-order valence-electron chi connectivity index (χ2n) is 3.83. The van der Waals surface area contributed by atoms with Crippen LogP contribution < -0.4 is 10.1 Å². The van der Waals surface area contributed by atoms with E-state index in [2.05, 4.69) is 10.3 Å². The molecule has 0 aliphatic heterocycles. The van der Waals surface area contributed by atoms with E-state index in [0.29, 0.717) is 6.54 Å². The monoisotopic (exact) mass is 228 g/mol. The van der Waals surface area contributed by atoms with Crippen LogP contribution in [0.25, 0.3) is 0 Å². The van der Waals surface area contributed by atoms with Crippen LogP contribution in [-0.4, -0.2) is 12.1 Å². The molecule has 0 atom stereocenters. The van der Waals surface area contributed by atoms with E-state index in [-0.39, 0.29) is 0 Å². The van der Waals surface area contributed by atoms with Crippen molar-refractivity contribution in [2.24, 2.45) is 0 Å². The van der Waals surface area contributed by atoms with Gasteiger partial charge in [0.25, 0.3) is 0 Å². The molecule has 1 heterocycles. The van der Waals surface area contributed by atoms with Gasteiger partial charge in [0.15, 0.2) is 0 Å². The maximum absolute atomic E-state index is 5.30. The average molecular weight is 228 g/mol. The van der Waals surface area contributed by atoms with E-state index in [9.17, 15) is 0 Å². The number of pyridine rings is 1. The zero-order valence-electron chi connectivity index (χ0n) is 10.1. The van der Waals surface area contributed by atoms with Gasteiger partial charge in [-0.1, -0.05) is 24.3 Å². The van der Waals surface area contributed by atoms with Crippen LogP contribution in [0.4, 0.5) is 5.82 Å². The Hall–Kier alpha value is -2.03. The highest BCUT2D eigenvalue weighted by molar-refractivity contribution is 5.44. The van der Waals surface area contributed by atoms with E-state index in [1.54, 1.807) is 13.3 Å². The van der Waals surface area contributed by atoms with Gasteiger partial charge in [-0.05, 0) is 24.6 Å². The molecule has 3 heteroatoms. The smallest absolute Gasteiger partial charge is 0.129 e. The molecule has 0 radical (unpaired) electrons. The van der Waals surface area contributed by atoms with Crippen LogP contribution in [0.2, 0.25) is 0 Å². The Kier molecular flexibility index (Phi) is 3.60. The molecule has 0 aliphatic carbocycles. The first kappa shape index (κ1) is 11.5. The first-order chi connectivity index (χ1) is 8.31. The number of methoxy groups -OCH3 is 1. The quantitative estimate of drug-likeness (QED) is 0.873. The minimum absolute atomic E-state index is 0.710. The highest BCUT2D eigenvalue weighted by Gasteiger charge is 2.02. The van der Waals surface area contributed by atoms with E-state index in [4.69, 9.17) is 4.74 Å². The highest BCUT2D eigenvalue weighted by Crippen LogP contribution is 2.19. The zero-order chi connectivity index (χ0) is 12.1. The molecule has 0 spiro atoms. The van der Waals surface area contributed by atoms with Crippen molar-refractivity contribution in [1.82, 2.24) is 4.98 Å². The summed E-state index contributed by atoms with van der Waals surface area (Å²) in [5.74, 6) is 1.81. The van der Waals surface area contributed by atoms with Gasteiger partial charge in [-0.2, -0.15) is 0 Å². The standard InChI is InChI=1S/C14H16N2O/c1-11-6-5-9-15-14(11)16-10-12-7-3-4-8-13(12)17-2/h3-9H,10H2,1-2H3,(H,15,16). The summed E-state index contributed by atoms with van der Waals surface area (Å²) in [5.41, 5.74) is 2.27. The maximum Gasteiger partial charge on any atom is 0.129 e. The number of aryl methyl sites for hydroxylation is 1. The fourth-order valence-corrected chi connectivity index (χ4v) is 1.70. The van der Waals surface area contributed by atoms with Crippen LogP contribution in [0.5, 0.6) is 5.75 Å². The molecule has 3 nitrogen and oxygen atoms in total. The third kappa shape index (κ3) is 2.75. The second kappa shape index (κ2) is 5.34. The molecule has 0 amide bonds. The topological polar surface area (TPSA) is 34.1 Å². The molecular formula is C14H16N2O. The van der Waals surface area contributed by atoms with Gasteiger partial charge in [-0.15, -0.1) is 0 Å². The van der Waals surface area contributed by atoms with Crippen LogP contribution in [0, 0.1) is 6.92 Å². The van der Waals surface area contributed by atoms with Crippen molar-refractivity contribution in [2.45, 2.75) is 13.5 Å². The van der Waals surface area contributed by atoms with Gasteiger partial charge in [0.2, 0.25) is 0 Å². The Morgan fingerprint density at radius 1 is 1.18 bits per heavy atom. The first-order valence-corrected chi connectivity index (χ1v) is 5.58. The number of hydrogen-bond donors (Lipinski definition) is 1. The van der Waals surface area contributed by atoms with Crippen molar-refractivity contribution in [3.05, 3.63) is 53.7 Å². The van der Waals surface area contributed by atoms with E-state index < -0.39 is 0 Å². The lowest BCUT2D eigenvalue weighted by atomic mass is 10.2. The molecule has 1 N–H and O–H groups in total. The Morgan fingerprint density at radius 3 is 2.76 bits per heavy atom. The first-order valence-electron chi connectivity index (χ1n) is 5.58. The van der Waals surface area contributed by atoms with Crippen molar-refractivity contribution < 1.29 is 4.74 Å². The summed E-state index contributed by atoms with van der Waals surface area (Å²) < 4.78 is 5.30. The molecule has 2 rings (SSSR count). The fourth-order valence-electron chi connectivity index (χ4n) is 1.70. The van der Waals surface area contributed by atoms with Crippen LogP contribution in [0.3, 0.4) is 0 Å². The maximum atomic E-state index is 5.30. The van der Waals surface area contributed by atoms with E-state index >= 15 is 0 Å². The molecule has 0 bridgehead atoms. The molecule has 2 aromatic rings. The summed E-state index contributed by atoms with van der Waals surface area (Å²) >= 11 is 0. The summed E-state index contributed by atoms with van der Waals surface area (Å²) in [6.45, 7) is 2.75. The number of benzene rings is 1. The lowest BCUT2D eigenvalue weighted by Crippen LogP contribution is -2.04. The molecule has 0 saturated heterocycles.